The van der Waals surface area contributed by atoms with Gasteiger partial charge in [-0.15, -0.1) is 0 Å². The number of carbonyl (C=O) groups is 2. The van der Waals surface area contributed by atoms with E-state index in [1.54, 1.807) is 19.1 Å². The van der Waals surface area contributed by atoms with E-state index in [1.807, 2.05) is 13.0 Å². The number of nitrogens with zero attached hydrogens (tertiary/aromatic N) is 2. The minimum Gasteiger partial charge on any atom is -0.454 e. The van der Waals surface area contributed by atoms with Gasteiger partial charge < -0.3 is 19.5 Å². The molecule has 2 aromatic rings. The molecule has 28 heavy (non-hydrogen) atoms. The minimum absolute atomic E-state index is 0.0235. The van der Waals surface area contributed by atoms with Gasteiger partial charge in [0.2, 0.25) is 6.79 Å². The standard InChI is InChI=1S/C19H21N3O6/c1-3-8-22-18(24)7-5-14(21-22)19(25)26-10-17(23)20-12(2)13-4-6-15-16(9-13)28-11-27-15/h4-7,9,12H,3,8,10-11H2,1-2H3,(H,20,23). The maximum absolute atomic E-state index is 12.1. The first-order valence-electron chi connectivity index (χ1n) is 8.92. The van der Waals surface area contributed by atoms with Crippen LogP contribution < -0.4 is 20.3 Å². The van der Waals surface area contributed by atoms with Gasteiger partial charge in [-0.1, -0.05) is 13.0 Å². The molecule has 9 nitrogen and oxygen atoms in total. The summed E-state index contributed by atoms with van der Waals surface area (Å²) in [6.45, 7) is 3.81. The molecule has 1 aliphatic heterocycles. The molecule has 1 amide bonds. The summed E-state index contributed by atoms with van der Waals surface area (Å²) in [6.07, 6.45) is 0.700. The van der Waals surface area contributed by atoms with Crippen molar-refractivity contribution >= 4 is 11.9 Å². The van der Waals surface area contributed by atoms with Crippen LogP contribution in [-0.2, 0) is 16.1 Å². The number of esters is 1. The Kier molecular flexibility index (Phi) is 5.93. The molecular formula is C19H21N3O6. The second-order valence-corrected chi connectivity index (χ2v) is 6.26. The Hall–Kier alpha value is -3.36. The Labute approximate surface area is 161 Å². The molecule has 0 bridgehead atoms. The van der Waals surface area contributed by atoms with E-state index in [0.29, 0.717) is 24.5 Å². The molecule has 0 saturated heterocycles. The predicted molar refractivity (Wildman–Crippen MR) is 98.2 cm³/mol. The molecule has 1 aromatic carbocycles. The van der Waals surface area contributed by atoms with E-state index in [-0.39, 0.29) is 24.1 Å². The number of aromatic nitrogens is 2. The molecule has 9 heteroatoms. The monoisotopic (exact) mass is 387 g/mol. The predicted octanol–water partition coefficient (Wildman–Crippen LogP) is 1.42. The molecule has 0 saturated carbocycles. The Bertz CT molecular complexity index is 940. The number of amides is 1. The van der Waals surface area contributed by atoms with Crippen LogP contribution in [0.3, 0.4) is 0 Å². The van der Waals surface area contributed by atoms with Crippen molar-refractivity contribution in [1.82, 2.24) is 15.1 Å². The topological polar surface area (TPSA) is 109 Å². The van der Waals surface area contributed by atoms with Crippen molar-refractivity contribution in [3.05, 3.63) is 51.9 Å². The molecule has 2 heterocycles. The molecule has 148 valence electrons. The number of aryl methyl sites for hydroxylation is 1. The molecule has 0 spiro atoms. The van der Waals surface area contributed by atoms with Crippen LogP contribution in [0.2, 0.25) is 0 Å². The van der Waals surface area contributed by atoms with E-state index in [0.717, 1.165) is 5.56 Å². The zero-order valence-corrected chi connectivity index (χ0v) is 15.6. The van der Waals surface area contributed by atoms with Crippen molar-refractivity contribution in [2.75, 3.05) is 13.4 Å². The molecule has 1 atom stereocenters. The van der Waals surface area contributed by atoms with E-state index in [9.17, 15) is 14.4 Å². The smallest absolute Gasteiger partial charge is 0.359 e. The van der Waals surface area contributed by atoms with Gasteiger partial charge in [-0.2, -0.15) is 5.10 Å². The first kappa shape index (κ1) is 19.4. The summed E-state index contributed by atoms with van der Waals surface area (Å²) in [5.74, 6) is 0.0579. The average Bonchev–Trinajstić information content (AvgIpc) is 3.15. The molecule has 1 aromatic heterocycles. The fourth-order valence-electron chi connectivity index (χ4n) is 2.68. The summed E-state index contributed by atoms with van der Waals surface area (Å²) in [5, 5.41) is 6.70. The molecule has 1 aliphatic rings. The normalized spacial score (nSPS) is 13.1. The lowest BCUT2D eigenvalue weighted by Crippen LogP contribution is -2.31. The van der Waals surface area contributed by atoms with Gasteiger partial charge in [-0.05, 0) is 37.1 Å². The van der Waals surface area contributed by atoms with Gasteiger partial charge >= 0.3 is 5.97 Å². The van der Waals surface area contributed by atoms with Crippen LogP contribution in [0.15, 0.2) is 35.1 Å². The van der Waals surface area contributed by atoms with E-state index in [4.69, 9.17) is 14.2 Å². The van der Waals surface area contributed by atoms with Gasteiger partial charge in [-0.25, -0.2) is 9.48 Å². The molecular weight excluding hydrogens is 366 g/mol. The van der Waals surface area contributed by atoms with Gasteiger partial charge in [-0.3, -0.25) is 9.59 Å². The lowest BCUT2D eigenvalue weighted by atomic mass is 10.1. The molecule has 0 fully saturated rings. The van der Waals surface area contributed by atoms with E-state index in [1.165, 1.54) is 16.8 Å². The van der Waals surface area contributed by atoms with Crippen LogP contribution in [0.25, 0.3) is 0 Å². The van der Waals surface area contributed by atoms with Crippen LogP contribution in [-0.4, -0.2) is 35.1 Å². The summed E-state index contributed by atoms with van der Waals surface area (Å²) in [4.78, 5) is 35.8. The van der Waals surface area contributed by atoms with Crippen molar-refractivity contribution < 1.29 is 23.8 Å². The third kappa shape index (κ3) is 4.48. The first-order valence-corrected chi connectivity index (χ1v) is 8.92. The van der Waals surface area contributed by atoms with Gasteiger partial charge in [0.15, 0.2) is 23.8 Å². The highest BCUT2D eigenvalue weighted by atomic mass is 16.7. The number of carbonyl (C=O) groups excluding carboxylic acids is 2. The lowest BCUT2D eigenvalue weighted by Gasteiger charge is -2.15. The number of benzene rings is 1. The van der Waals surface area contributed by atoms with Gasteiger partial charge in [0.25, 0.3) is 11.5 Å². The van der Waals surface area contributed by atoms with Gasteiger partial charge in [0.1, 0.15) is 0 Å². The van der Waals surface area contributed by atoms with Crippen molar-refractivity contribution in [2.45, 2.75) is 32.9 Å². The Morgan fingerprint density at radius 2 is 2.04 bits per heavy atom. The Morgan fingerprint density at radius 1 is 1.25 bits per heavy atom. The van der Waals surface area contributed by atoms with E-state index in [2.05, 4.69) is 10.4 Å². The number of rotatable bonds is 7. The lowest BCUT2D eigenvalue weighted by molar-refractivity contribution is -0.124. The average molecular weight is 387 g/mol. The number of hydrogen-bond donors (Lipinski definition) is 1. The minimum atomic E-state index is -0.768. The number of nitrogens with one attached hydrogen (secondary N) is 1. The van der Waals surface area contributed by atoms with Crippen LogP contribution in [0.5, 0.6) is 11.5 Å². The van der Waals surface area contributed by atoms with Crippen molar-refractivity contribution in [3.63, 3.8) is 0 Å². The summed E-state index contributed by atoms with van der Waals surface area (Å²) < 4.78 is 16.8. The second kappa shape index (κ2) is 8.55. The maximum atomic E-state index is 12.1. The largest absolute Gasteiger partial charge is 0.454 e. The summed E-state index contributed by atoms with van der Waals surface area (Å²) >= 11 is 0. The van der Waals surface area contributed by atoms with Crippen LogP contribution >= 0.6 is 0 Å². The number of ether oxygens (including phenoxy) is 3. The number of hydrogen-bond acceptors (Lipinski definition) is 7. The van der Waals surface area contributed by atoms with E-state index < -0.39 is 18.5 Å². The van der Waals surface area contributed by atoms with E-state index >= 15 is 0 Å². The summed E-state index contributed by atoms with van der Waals surface area (Å²) in [7, 11) is 0. The fraction of sp³-hybridized carbons (Fsp3) is 0.368. The SMILES string of the molecule is CCCn1nc(C(=O)OCC(=O)NC(C)c2ccc3c(c2)OCO3)ccc1=O. The molecule has 3 rings (SSSR count). The molecule has 1 N–H and O–H groups in total. The van der Waals surface area contributed by atoms with Gasteiger partial charge in [0, 0.05) is 12.6 Å². The first-order chi connectivity index (χ1) is 13.5. The zero-order valence-electron chi connectivity index (χ0n) is 15.6. The molecule has 0 aliphatic carbocycles. The van der Waals surface area contributed by atoms with Crippen LogP contribution in [0.4, 0.5) is 0 Å². The third-order valence-corrected chi connectivity index (χ3v) is 4.12. The highest BCUT2D eigenvalue weighted by Gasteiger charge is 2.18. The Balaban J connectivity index is 1.54. The summed E-state index contributed by atoms with van der Waals surface area (Å²) in [5.41, 5.74) is 0.510. The van der Waals surface area contributed by atoms with Crippen LogP contribution in [0.1, 0.15) is 42.4 Å². The highest BCUT2D eigenvalue weighted by Crippen LogP contribution is 2.34. The maximum Gasteiger partial charge on any atom is 0.359 e. The summed E-state index contributed by atoms with van der Waals surface area (Å²) in [6, 6.07) is 7.61. The quantitative estimate of drug-likeness (QED) is 0.716. The van der Waals surface area contributed by atoms with Crippen LogP contribution in [0, 0.1) is 0 Å². The zero-order chi connectivity index (χ0) is 20.1. The second-order valence-electron chi connectivity index (χ2n) is 6.26. The fourth-order valence-corrected chi connectivity index (χ4v) is 2.68. The van der Waals surface area contributed by atoms with Crippen molar-refractivity contribution in [1.29, 1.82) is 0 Å². The van der Waals surface area contributed by atoms with Gasteiger partial charge in [0.05, 0.1) is 6.04 Å². The number of fused-ring (bicyclic) bond motifs is 1. The molecule has 1 unspecified atom stereocenters. The third-order valence-electron chi connectivity index (χ3n) is 4.12. The highest BCUT2D eigenvalue weighted by molar-refractivity contribution is 5.89. The van der Waals surface area contributed by atoms with Crippen molar-refractivity contribution in [2.24, 2.45) is 0 Å². The molecule has 0 radical (unpaired) electrons. The Morgan fingerprint density at radius 3 is 2.82 bits per heavy atom. The van der Waals surface area contributed by atoms with Crippen molar-refractivity contribution in [3.8, 4) is 11.5 Å².